The molecule has 0 saturated carbocycles. The summed E-state index contributed by atoms with van der Waals surface area (Å²) in [4.78, 5) is 3.81. The van der Waals surface area contributed by atoms with Crippen LogP contribution in [0.4, 0.5) is 0 Å². The second-order valence-corrected chi connectivity index (χ2v) is 2.14. The van der Waals surface area contributed by atoms with Gasteiger partial charge in [0.25, 0.3) is 0 Å². The highest BCUT2D eigenvalue weighted by atomic mass is 15.0. The summed E-state index contributed by atoms with van der Waals surface area (Å²) < 4.78 is 0. The number of rotatable bonds is 0. The summed E-state index contributed by atoms with van der Waals surface area (Å²) in [5.74, 6) is 0.195. The first-order chi connectivity index (χ1) is 4.74. The van der Waals surface area contributed by atoms with E-state index in [0.717, 1.165) is 0 Å². The Morgan fingerprint density at radius 1 is 1.90 bits per heavy atom. The molecule has 0 aliphatic carbocycles. The number of nitrogens with one attached hydrogen (secondary N) is 2. The molecule has 0 fully saturated rings. The van der Waals surface area contributed by atoms with Crippen LogP contribution in [0.2, 0.25) is 0 Å². The number of aliphatic imine (C=N–C) groups is 1. The van der Waals surface area contributed by atoms with Gasteiger partial charge in [-0.05, 0) is 6.92 Å². The molecule has 1 heterocycles. The minimum absolute atomic E-state index is 0.170. The van der Waals surface area contributed by atoms with Crippen molar-refractivity contribution in [2.45, 2.75) is 13.0 Å². The Kier molecular flexibility index (Phi) is 1.71. The highest BCUT2D eigenvalue weighted by molar-refractivity contribution is 6.02. The van der Waals surface area contributed by atoms with Gasteiger partial charge in [0.15, 0.2) is 5.84 Å². The first-order valence-electron chi connectivity index (χ1n) is 3.05. The molecule has 0 radical (unpaired) electrons. The van der Waals surface area contributed by atoms with Crippen LogP contribution in [0.1, 0.15) is 6.92 Å². The zero-order valence-corrected chi connectivity index (χ0v) is 5.76. The van der Waals surface area contributed by atoms with Gasteiger partial charge in [-0.2, -0.15) is 0 Å². The number of hydrogen-bond donors (Lipinski definition) is 3. The van der Waals surface area contributed by atoms with Crippen LogP contribution in [-0.2, 0) is 0 Å². The predicted octanol–water partition coefficient (Wildman–Crippen LogP) is -0.174. The maximum atomic E-state index is 7.23. The third kappa shape index (κ3) is 1.15. The summed E-state index contributed by atoms with van der Waals surface area (Å²) >= 11 is 0. The summed E-state index contributed by atoms with van der Waals surface area (Å²) in [5, 5.41) is 10.2. The molecule has 0 aromatic carbocycles. The highest BCUT2D eigenvalue weighted by Crippen LogP contribution is 1.98. The predicted molar refractivity (Wildman–Crippen MR) is 41.1 cm³/mol. The van der Waals surface area contributed by atoms with Crippen LogP contribution in [0.15, 0.2) is 16.9 Å². The largest absolute Gasteiger partial charge is 0.403 e. The molecule has 0 amide bonds. The first-order valence-corrected chi connectivity index (χ1v) is 3.05. The number of nitrogens with two attached hydrogens (primary N) is 1. The van der Waals surface area contributed by atoms with Crippen molar-refractivity contribution in [3.63, 3.8) is 0 Å². The van der Waals surface area contributed by atoms with Crippen molar-refractivity contribution in [2.75, 3.05) is 0 Å². The fourth-order valence-electron chi connectivity index (χ4n) is 0.734. The van der Waals surface area contributed by atoms with Crippen LogP contribution in [0.3, 0.4) is 0 Å². The molecule has 1 unspecified atom stereocenters. The zero-order chi connectivity index (χ0) is 7.56. The van der Waals surface area contributed by atoms with Crippen LogP contribution >= 0.6 is 0 Å². The van der Waals surface area contributed by atoms with Gasteiger partial charge in [-0.25, -0.2) is 4.99 Å². The lowest BCUT2D eigenvalue weighted by molar-refractivity contribution is 0.781. The third-order valence-electron chi connectivity index (χ3n) is 1.23. The van der Waals surface area contributed by atoms with Crippen LogP contribution in [0.5, 0.6) is 0 Å². The molecular formula is C6H10N4. The molecule has 0 aromatic rings. The lowest BCUT2D eigenvalue weighted by atomic mass is 10.3. The SMILES string of the molecule is CC1C=NC(=N)C(=CN)N1. The minimum atomic E-state index is 0.170. The van der Waals surface area contributed by atoms with Crippen LogP contribution in [0, 0.1) is 5.41 Å². The van der Waals surface area contributed by atoms with Crippen molar-refractivity contribution < 1.29 is 0 Å². The van der Waals surface area contributed by atoms with Gasteiger partial charge in [0, 0.05) is 12.4 Å². The lowest BCUT2D eigenvalue weighted by Crippen LogP contribution is -2.34. The Balaban J connectivity index is 2.82. The molecule has 54 valence electrons. The second kappa shape index (κ2) is 2.51. The zero-order valence-electron chi connectivity index (χ0n) is 5.76. The van der Waals surface area contributed by atoms with E-state index in [1.54, 1.807) is 6.21 Å². The van der Waals surface area contributed by atoms with Crippen molar-refractivity contribution in [2.24, 2.45) is 10.7 Å². The minimum Gasteiger partial charge on any atom is -0.403 e. The molecule has 0 saturated heterocycles. The smallest absolute Gasteiger partial charge is 0.169 e. The molecule has 10 heavy (non-hydrogen) atoms. The fourth-order valence-corrected chi connectivity index (χ4v) is 0.734. The molecule has 0 bridgehead atoms. The van der Waals surface area contributed by atoms with Crippen LogP contribution in [0.25, 0.3) is 0 Å². The summed E-state index contributed by atoms with van der Waals surface area (Å²) in [5.41, 5.74) is 5.81. The molecule has 1 rings (SSSR count). The van der Waals surface area contributed by atoms with Crippen LogP contribution in [-0.4, -0.2) is 18.1 Å². The number of hydrogen-bond acceptors (Lipinski definition) is 3. The van der Waals surface area contributed by atoms with Gasteiger partial charge in [0.2, 0.25) is 0 Å². The molecule has 4 N–H and O–H groups in total. The van der Waals surface area contributed by atoms with E-state index in [9.17, 15) is 0 Å². The molecule has 4 heteroatoms. The van der Waals surface area contributed by atoms with E-state index in [2.05, 4.69) is 10.3 Å². The van der Waals surface area contributed by atoms with E-state index in [0.29, 0.717) is 5.70 Å². The number of amidine groups is 1. The number of nitrogens with zero attached hydrogens (tertiary/aromatic N) is 1. The molecule has 4 nitrogen and oxygen atoms in total. The Morgan fingerprint density at radius 2 is 2.60 bits per heavy atom. The molecule has 0 aromatic heterocycles. The maximum Gasteiger partial charge on any atom is 0.169 e. The Hall–Kier alpha value is -1.32. The summed E-state index contributed by atoms with van der Waals surface area (Å²) in [6.07, 6.45) is 3.03. The average Bonchev–Trinajstić information content (AvgIpc) is 1.94. The van der Waals surface area contributed by atoms with Gasteiger partial charge in [0.1, 0.15) is 0 Å². The maximum absolute atomic E-state index is 7.23. The Labute approximate surface area is 59.3 Å². The first kappa shape index (κ1) is 6.80. The molecular weight excluding hydrogens is 128 g/mol. The van der Waals surface area contributed by atoms with E-state index in [1.165, 1.54) is 6.20 Å². The van der Waals surface area contributed by atoms with Gasteiger partial charge in [-0.3, -0.25) is 5.41 Å². The van der Waals surface area contributed by atoms with Gasteiger partial charge in [-0.1, -0.05) is 0 Å². The average molecular weight is 138 g/mol. The van der Waals surface area contributed by atoms with Crippen molar-refractivity contribution in [1.82, 2.24) is 5.32 Å². The van der Waals surface area contributed by atoms with Gasteiger partial charge < -0.3 is 11.1 Å². The molecule has 1 aliphatic heterocycles. The summed E-state index contributed by atoms with van der Waals surface area (Å²) in [7, 11) is 0. The Bertz CT molecular complexity index is 204. The summed E-state index contributed by atoms with van der Waals surface area (Å²) in [6, 6.07) is 0.170. The van der Waals surface area contributed by atoms with E-state index in [-0.39, 0.29) is 11.9 Å². The fraction of sp³-hybridized carbons (Fsp3) is 0.333. The van der Waals surface area contributed by atoms with Crippen molar-refractivity contribution in [3.05, 3.63) is 11.9 Å². The highest BCUT2D eigenvalue weighted by Gasteiger charge is 2.10. The quantitative estimate of drug-likeness (QED) is 0.434. The summed E-state index contributed by atoms with van der Waals surface area (Å²) in [6.45, 7) is 1.94. The van der Waals surface area contributed by atoms with Gasteiger partial charge in [-0.15, -0.1) is 0 Å². The van der Waals surface area contributed by atoms with E-state index in [1.807, 2.05) is 6.92 Å². The van der Waals surface area contributed by atoms with E-state index >= 15 is 0 Å². The standard InChI is InChI=1S/C6H10N4/c1-4-3-9-6(8)5(2-7)10-4/h2-4,8,10H,7H2,1H3. The normalized spacial score (nSPS) is 28.7. The van der Waals surface area contributed by atoms with Crippen molar-refractivity contribution in [3.8, 4) is 0 Å². The van der Waals surface area contributed by atoms with Gasteiger partial charge in [0.05, 0.1) is 11.7 Å². The van der Waals surface area contributed by atoms with E-state index < -0.39 is 0 Å². The van der Waals surface area contributed by atoms with Gasteiger partial charge >= 0.3 is 0 Å². The third-order valence-corrected chi connectivity index (χ3v) is 1.23. The molecule has 1 aliphatic rings. The van der Waals surface area contributed by atoms with E-state index in [4.69, 9.17) is 11.1 Å². The molecule has 1 atom stereocenters. The topological polar surface area (TPSA) is 74.3 Å². The molecule has 0 spiro atoms. The van der Waals surface area contributed by atoms with Crippen LogP contribution < -0.4 is 11.1 Å². The van der Waals surface area contributed by atoms with Crippen molar-refractivity contribution >= 4 is 12.1 Å². The monoisotopic (exact) mass is 138 g/mol. The Morgan fingerprint density at radius 3 is 3.10 bits per heavy atom. The van der Waals surface area contributed by atoms with Crippen molar-refractivity contribution in [1.29, 1.82) is 5.41 Å². The lowest BCUT2D eigenvalue weighted by Gasteiger charge is -2.16. The second-order valence-electron chi connectivity index (χ2n) is 2.14.